The van der Waals surface area contributed by atoms with Crippen molar-refractivity contribution in [3.8, 4) is 0 Å². The number of anilines is 2. The fourth-order valence-corrected chi connectivity index (χ4v) is 3.32. The van der Waals surface area contributed by atoms with Crippen molar-refractivity contribution < 1.29 is 14.3 Å². The fourth-order valence-electron chi connectivity index (χ4n) is 3.32. The van der Waals surface area contributed by atoms with E-state index in [-0.39, 0.29) is 12.5 Å². The van der Waals surface area contributed by atoms with Crippen LogP contribution in [0.4, 0.5) is 11.4 Å². The summed E-state index contributed by atoms with van der Waals surface area (Å²) in [6.07, 6.45) is 1.76. The Balaban J connectivity index is 2.07. The van der Waals surface area contributed by atoms with Crippen molar-refractivity contribution in [1.82, 2.24) is 0 Å². The predicted octanol–water partition coefficient (Wildman–Crippen LogP) is 4.33. The monoisotopic (exact) mass is 390 g/mol. The minimum atomic E-state index is -0.482. The molecule has 1 amide bonds. The van der Waals surface area contributed by atoms with Crippen LogP contribution in [0, 0.1) is 6.92 Å². The Kier molecular flexibility index (Phi) is 5.87. The third-order valence-corrected chi connectivity index (χ3v) is 4.89. The molecule has 29 heavy (non-hydrogen) atoms. The summed E-state index contributed by atoms with van der Waals surface area (Å²) < 4.78 is 5.24. The highest BCUT2D eigenvalue weighted by atomic mass is 16.5. The van der Waals surface area contributed by atoms with E-state index in [4.69, 9.17) is 4.74 Å². The molecule has 1 aliphatic rings. The van der Waals surface area contributed by atoms with Gasteiger partial charge in [0.25, 0.3) is 5.91 Å². The molecule has 2 aromatic rings. The first-order chi connectivity index (χ1) is 13.8. The Labute approximate surface area is 171 Å². The lowest BCUT2D eigenvalue weighted by atomic mass is 10.0. The van der Waals surface area contributed by atoms with Gasteiger partial charge in [0.15, 0.2) is 0 Å². The van der Waals surface area contributed by atoms with Crippen LogP contribution in [0.15, 0.2) is 65.4 Å². The Bertz CT molecular complexity index is 984. The highest BCUT2D eigenvalue weighted by molar-refractivity contribution is 6.23. The van der Waals surface area contributed by atoms with Gasteiger partial charge >= 0.3 is 5.97 Å². The van der Waals surface area contributed by atoms with E-state index in [1.54, 1.807) is 24.8 Å². The lowest BCUT2D eigenvalue weighted by Crippen LogP contribution is -2.24. The van der Waals surface area contributed by atoms with Crippen molar-refractivity contribution >= 4 is 29.3 Å². The topological polar surface area (TPSA) is 49.9 Å². The molecular formula is C24H26N2O3. The van der Waals surface area contributed by atoms with E-state index in [1.165, 1.54) is 0 Å². The van der Waals surface area contributed by atoms with Gasteiger partial charge in [-0.05, 0) is 56.7 Å². The van der Waals surface area contributed by atoms with Gasteiger partial charge in [0.1, 0.15) is 0 Å². The van der Waals surface area contributed by atoms with Crippen molar-refractivity contribution in [2.24, 2.45) is 0 Å². The van der Waals surface area contributed by atoms with Crippen LogP contribution in [0.1, 0.15) is 25.0 Å². The van der Waals surface area contributed by atoms with E-state index in [0.717, 1.165) is 22.5 Å². The van der Waals surface area contributed by atoms with E-state index < -0.39 is 5.97 Å². The molecule has 3 rings (SSSR count). The summed E-state index contributed by atoms with van der Waals surface area (Å²) in [5.74, 6) is -0.713. The summed E-state index contributed by atoms with van der Waals surface area (Å²) in [7, 11) is 3.94. The average Bonchev–Trinajstić information content (AvgIpc) is 2.93. The van der Waals surface area contributed by atoms with Crippen LogP contribution >= 0.6 is 0 Å². The first kappa shape index (κ1) is 20.4. The van der Waals surface area contributed by atoms with E-state index in [1.807, 2.05) is 74.4 Å². The lowest BCUT2D eigenvalue weighted by molar-refractivity contribution is -0.138. The van der Waals surface area contributed by atoms with Crippen LogP contribution in [-0.2, 0) is 14.3 Å². The number of hydrogen-bond donors (Lipinski definition) is 0. The van der Waals surface area contributed by atoms with Gasteiger partial charge in [-0.3, -0.25) is 9.69 Å². The van der Waals surface area contributed by atoms with Crippen LogP contribution in [0.3, 0.4) is 0 Å². The summed E-state index contributed by atoms with van der Waals surface area (Å²) in [5.41, 5.74) is 4.97. The van der Waals surface area contributed by atoms with Gasteiger partial charge < -0.3 is 9.64 Å². The molecule has 1 aliphatic heterocycles. The van der Waals surface area contributed by atoms with Gasteiger partial charge in [-0.1, -0.05) is 29.8 Å². The number of carbonyl (C=O) groups excluding carboxylic acids is 2. The molecule has 0 radical (unpaired) electrons. The SMILES string of the molecule is CCOC(=O)C1=C(C)N(c2ccc(C)cc2)C(=O)/C1=C\c1ccc(N(C)C)cc1. The zero-order valence-corrected chi connectivity index (χ0v) is 17.5. The number of carbonyl (C=O) groups is 2. The van der Waals surface area contributed by atoms with E-state index >= 15 is 0 Å². The number of rotatable bonds is 5. The average molecular weight is 390 g/mol. The minimum absolute atomic E-state index is 0.230. The molecule has 5 nitrogen and oxygen atoms in total. The summed E-state index contributed by atoms with van der Waals surface area (Å²) in [5, 5.41) is 0. The molecule has 150 valence electrons. The van der Waals surface area contributed by atoms with Gasteiger partial charge in [0.2, 0.25) is 0 Å². The molecule has 0 aromatic heterocycles. The number of benzene rings is 2. The molecule has 0 saturated carbocycles. The fraction of sp³-hybridized carbons (Fsp3) is 0.250. The molecule has 0 saturated heterocycles. The normalized spacial score (nSPS) is 15.3. The third-order valence-electron chi connectivity index (χ3n) is 4.89. The van der Waals surface area contributed by atoms with Gasteiger partial charge in [0.05, 0.1) is 17.8 Å². The molecule has 0 N–H and O–H groups in total. The van der Waals surface area contributed by atoms with Gasteiger partial charge in [-0.15, -0.1) is 0 Å². The molecule has 0 atom stereocenters. The minimum Gasteiger partial charge on any atom is -0.462 e. The number of amides is 1. The highest BCUT2D eigenvalue weighted by Crippen LogP contribution is 2.35. The number of nitrogens with zero attached hydrogens (tertiary/aromatic N) is 2. The van der Waals surface area contributed by atoms with Gasteiger partial charge in [-0.2, -0.15) is 0 Å². The van der Waals surface area contributed by atoms with Crippen molar-refractivity contribution in [3.63, 3.8) is 0 Å². The Morgan fingerprint density at radius 2 is 1.66 bits per heavy atom. The Morgan fingerprint density at radius 3 is 2.21 bits per heavy atom. The number of aryl methyl sites for hydroxylation is 1. The summed E-state index contributed by atoms with van der Waals surface area (Å²) in [6, 6.07) is 15.5. The molecule has 1 heterocycles. The molecule has 2 aromatic carbocycles. The van der Waals surface area contributed by atoms with Crippen LogP contribution in [0.5, 0.6) is 0 Å². The van der Waals surface area contributed by atoms with Crippen LogP contribution in [-0.4, -0.2) is 32.6 Å². The van der Waals surface area contributed by atoms with E-state index in [0.29, 0.717) is 16.8 Å². The van der Waals surface area contributed by atoms with Crippen LogP contribution in [0.2, 0.25) is 0 Å². The predicted molar refractivity (Wildman–Crippen MR) is 117 cm³/mol. The van der Waals surface area contributed by atoms with E-state index in [2.05, 4.69) is 0 Å². The maximum absolute atomic E-state index is 13.3. The molecule has 0 bridgehead atoms. The van der Waals surface area contributed by atoms with E-state index in [9.17, 15) is 9.59 Å². The quantitative estimate of drug-likeness (QED) is 0.563. The second-order valence-electron chi connectivity index (χ2n) is 7.20. The van der Waals surface area contributed by atoms with Gasteiger partial charge in [-0.25, -0.2) is 4.79 Å². The smallest absolute Gasteiger partial charge is 0.340 e. The standard InChI is InChI=1S/C24H26N2O3/c1-6-29-24(28)22-17(3)26(20-11-7-16(2)8-12-20)23(27)21(22)15-18-9-13-19(14-10-18)25(4)5/h7-15H,6H2,1-5H3/b21-15-. The highest BCUT2D eigenvalue weighted by Gasteiger charge is 2.38. The second kappa shape index (κ2) is 8.35. The maximum atomic E-state index is 13.3. The maximum Gasteiger partial charge on any atom is 0.340 e. The lowest BCUT2D eigenvalue weighted by Gasteiger charge is -2.18. The molecule has 0 fully saturated rings. The number of esters is 1. The Morgan fingerprint density at radius 1 is 1.03 bits per heavy atom. The molecule has 0 aliphatic carbocycles. The summed E-state index contributed by atoms with van der Waals surface area (Å²) in [4.78, 5) is 29.5. The van der Waals surface area contributed by atoms with Crippen LogP contribution < -0.4 is 9.80 Å². The number of ether oxygens (including phenoxy) is 1. The second-order valence-corrected chi connectivity index (χ2v) is 7.20. The first-order valence-electron chi connectivity index (χ1n) is 9.62. The summed E-state index contributed by atoms with van der Waals surface area (Å²) in [6.45, 7) is 5.77. The largest absolute Gasteiger partial charge is 0.462 e. The van der Waals surface area contributed by atoms with Crippen molar-refractivity contribution in [2.45, 2.75) is 20.8 Å². The Hall–Kier alpha value is -3.34. The van der Waals surface area contributed by atoms with Crippen LogP contribution in [0.25, 0.3) is 6.08 Å². The van der Waals surface area contributed by atoms with Crippen molar-refractivity contribution in [3.05, 3.63) is 76.5 Å². The molecule has 0 spiro atoms. The van der Waals surface area contributed by atoms with Crippen molar-refractivity contribution in [1.29, 1.82) is 0 Å². The zero-order chi connectivity index (χ0) is 21.1. The first-order valence-corrected chi connectivity index (χ1v) is 9.62. The third kappa shape index (κ3) is 4.09. The van der Waals surface area contributed by atoms with Gasteiger partial charge in [0, 0.05) is 31.2 Å². The number of allylic oxidation sites excluding steroid dienone is 1. The molecule has 5 heteroatoms. The number of hydrogen-bond acceptors (Lipinski definition) is 4. The van der Waals surface area contributed by atoms with Crippen molar-refractivity contribution in [2.75, 3.05) is 30.5 Å². The molecular weight excluding hydrogens is 364 g/mol. The summed E-state index contributed by atoms with van der Waals surface area (Å²) >= 11 is 0. The molecule has 0 unspecified atom stereocenters. The zero-order valence-electron chi connectivity index (χ0n) is 17.5.